The van der Waals surface area contributed by atoms with E-state index in [4.69, 9.17) is 0 Å². The summed E-state index contributed by atoms with van der Waals surface area (Å²) in [6.07, 6.45) is 0. The van der Waals surface area contributed by atoms with Crippen LogP contribution in [0.15, 0.2) is 48.5 Å². The lowest BCUT2D eigenvalue weighted by molar-refractivity contribution is 1.05. The smallest absolute Gasteiger partial charge is 0.210 e. The molecule has 0 aliphatic heterocycles. The fourth-order valence-corrected chi connectivity index (χ4v) is 2.56. The van der Waals surface area contributed by atoms with Gasteiger partial charge in [0.2, 0.25) is 5.13 Å². The molecule has 1 heterocycles. The molecule has 2 N–H and O–H groups in total. The van der Waals surface area contributed by atoms with Crippen molar-refractivity contribution in [3.05, 3.63) is 59.1 Å². The number of para-hydroxylation sites is 2. The van der Waals surface area contributed by atoms with Gasteiger partial charge in [0.25, 0.3) is 0 Å². The molecule has 0 saturated carbocycles. The summed E-state index contributed by atoms with van der Waals surface area (Å²) in [5, 5.41) is 16.6. The second-order valence-electron chi connectivity index (χ2n) is 4.79. The Labute approximate surface area is 127 Å². The van der Waals surface area contributed by atoms with Crippen molar-refractivity contribution >= 4 is 33.5 Å². The second kappa shape index (κ2) is 5.93. The van der Waals surface area contributed by atoms with Crippen LogP contribution < -0.4 is 10.6 Å². The molecule has 0 bridgehead atoms. The van der Waals surface area contributed by atoms with Gasteiger partial charge in [0.15, 0.2) is 0 Å². The molecular formula is C16H16N4S. The summed E-state index contributed by atoms with van der Waals surface area (Å²) in [5.41, 5.74) is 4.29. The Bertz CT molecular complexity index is 734. The Balaban J connectivity index is 1.83. The van der Waals surface area contributed by atoms with E-state index in [1.807, 2.05) is 31.2 Å². The van der Waals surface area contributed by atoms with E-state index in [-0.39, 0.29) is 0 Å². The third-order valence-corrected chi connectivity index (χ3v) is 3.78. The molecule has 0 fully saturated rings. The molecule has 106 valence electrons. The highest BCUT2D eigenvalue weighted by Crippen LogP contribution is 2.29. The molecule has 2 aromatic carbocycles. The summed E-state index contributed by atoms with van der Waals surface area (Å²) in [7, 11) is 0. The summed E-state index contributed by atoms with van der Waals surface area (Å²) in [5.74, 6) is 0. The van der Waals surface area contributed by atoms with Crippen molar-refractivity contribution in [3.8, 4) is 0 Å². The van der Waals surface area contributed by atoms with Crippen molar-refractivity contribution in [2.24, 2.45) is 0 Å². The monoisotopic (exact) mass is 296 g/mol. The highest BCUT2D eigenvalue weighted by molar-refractivity contribution is 7.15. The van der Waals surface area contributed by atoms with E-state index in [1.165, 1.54) is 16.9 Å². The molecule has 0 radical (unpaired) electrons. The van der Waals surface area contributed by atoms with E-state index in [2.05, 4.69) is 52.0 Å². The fourth-order valence-electron chi connectivity index (χ4n) is 1.96. The Morgan fingerprint density at radius 2 is 1.48 bits per heavy atom. The first-order valence-corrected chi connectivity index (χ1v) is 7.52. The van der Waals surface area contributed by atoms with Crippen LogP contribution in [0.25, 0.3) is 0 Å². The molecule has 3 aromatic rings. The zero-order valence-corrected chi connectivity index (χ0v) is 12.7. The lowest BCUT2D eigenvalue weighted by atomic mass is 10.2. The Morgan fingerprint density at radius 1 is 0.810 bits per heavy atom. The van der Waals surface area contributed by atoms with E-state index in [9.17, 15) is 0 Å². The van der Waals surface area contributed by atoms with Crippen LogP contribution in [0.1, 0.15) is 10.6 Å². The number of anilines is 4. The summed E-state index contributed by atoms with van der Waals surface area (Å²) < 4.78 is 0. The molecule has 0 saturated heterocycles. The van der Waals surface area contributed by atoms with Gasteiger partial charge in [-0.3, -0.25) is 0 Å². The zero-order valence-electron chi connectivity index (χ0n) is 11.9. The standard InChI is InChI=1S/C16H16N4S/c1-11-7-9-13(10-8-11)17-14-5-3-4-6-15(14)18-16-20-19-12(2)21-16/h3-10,17H,1-2H3,(H,18,20). The molecule has 21 heavy (non-hydrogen) atoms. The van der Waals surface area contributed by atoms with Gasteiger partial charge in [-0.1, -0.05) is 41.2 Å². The van der Waals surface area contributed by atoms with Crippen molar-refractivity contribution in [3.63, 3.8) is 0 Å². The van der Waals surface area contributed by atoms with E-state index in [0.29, 0.717) is 0 Å². The first-order chi connectivity index (χ1) is 10.2. The van der Waals surface area contributed by atoms with Crippen LogP contribution in [0.4, 0.5) is 22.2 Å². The van der Waals surface area contributed by atoms with Crippen LogP contribution in [0.3, 0.4) is 0 Å². The number of aryl methyl sites for hydroxylation is 2. The minimum atomic E-state index is 0.797. The van der Waals surface area contributed by atoms with E-state index < -0.39 is 0 Å². The van der Waals surface area contributed by atoms with Gasteiger partial charge in [-0.25, -0.2) is 0 Å². The van der Waals surface area contributed by atoms with Crippen LogP contribution in [-0.2, 0) is 0 Å². The van der Waals surface area contributed by atoms with Crippen molar-refractivity contribution in [1.82, 2.24) is 10.2 Å². The normalized spacial score (nSPS) is 10.4. The minimum absolute atomic E-state index is 0.797. The van der Waals surface area contributed by atoms with Crippen LogP contribution in [-0.4, -0.2) is 10.2 Å². The van der Waals surface area contributed by atoms with Crippen LogP contribution in [0.2, 0.25) is 0 Å². The molecule has 4 nitrogen and oxygen atoms in total. The number of aromatic nitrogens is 2. The van der Waals surface area contributed by atoms with Crippen molar-refractivity contribution in [1.29, 1.82) is 0 Å². The number of hydrogen-bond acceptors (Lipinski definition) is 5. The number of nitrogens with zero attached hydrogens (tertiary/aromatic N) is 2. The van der Waals surface area contributed by atoms with E-state index >= 15 is 0 Å². The molecule has 0 spiro atoms. The topological polar surface area (TPSA) is 49.8 Å². The Kier molecular flexibility index (Phi) is 3.83. The maximum absolute atomic E-state index is 4.10. The quantitative estimate of drug-likeness (QED) is 0.736. The summed E-state index contributed by atoms with van der Waals surface area (Å²) in [4.78, 5) is 0. The number of benzene rings is 2. The van der Waals surface area contributed by atoms with Crippen LogP contribution >= 0.6 is 11.3 Å². The van der Waals surface area contributed by atoms with Crippen molar-refractivity contribution < 1.29 is 0 Å². The maximum atomic E-state index is 4.10. The van der Waals surface area contributed by atoms with Gasteiger partial charge in [0, 0.05) is 5.69 Å². The van der Waals surface area contributed by atoms with Crippen molar-refractivity contribution in [2.75, 3.05) is 10.6 Å². The molecule has 3 rings (SSSR count). The molecular weight excluding hydrogens is 280 g/mol. The molecule has 0 unspecified atom stereocenters. The predicted octanol–water partition coefficient (Wildman–Crippen LogP) is 4.64. The first kappa shape index (κ1) is 13.6. The van der Waals surface area contributed by atoms with Gasteiger partial charge in [0.1, 0.15) is 5.01 Å². The predicted molar refractivity (Wildman–Crippen MR) is 88.8 cm³/mol. The third-order valence-electron chi connectivity index (χ3n) is 3.03. The fraction of sp³-hybridized carbons (Fsp3) is 0.125. The highest BCUT2D eigenvalue weighted by atomic mass is 32.1. The molecule has 5 heteroatoms. The summed E-state index contributed by atoms with van der Waals surface area (Å²) in [6.45, 7) is 4.02. The van der Waals surface area contributed by atoms with Crippen molar-refractivity contribution in [2.45, 2.75) is 13.8 Å². The highest BCUT2D eigenvalue weighted by Gasteiger charge is 2.05. The van der Waals surface area contributed by atoms with Crippen LogP contribution in [0, 0.1) is 13.8 Å². The zero-order chi connectivity index (χ0) is 14.7. The third kappa shape index (κ3) is 3.38. The lowest BCUT2D eigenvalue weighted by Gasteiger charge is -2.12. The minimum Gasteiger partial charge on any atom is -0.354 e. The molecule has 0 amide bonds. The Morgan fingerprint density at radius 3 is 2.10 bits per heavy atom. The van der Waals surface area contributed by atoms with Gasteiger partial charge in [-0.2, -0.15) is 0 Å². The molecule has 0 aliphatic rings. The molecule has 0 atom stereocenters. The number of rotatable bonds is 4. The van der Waals surface area contributed by atoms with Crippen LogP contribution in [0.5, 0.6) is 0 Å². The van der Waals surface area contributed by atoms with Gasteiger partial charge < -0.3 is 10.6 Å². The molecule has 0 aliphatic carbocycles. The van der Waals surface area contributed by atoms with Gasteiger partial charge in [0.05, 0.1) is 11.4 Å². The average molecular weight is 296 g/mol. The first-order valence-electron chi connectivity index (χ1n) is 6.70. The lowest BCUT2D eigenvalue weighted by Crippen LogP contribution is -1.97. The van der Waals surface area contributed by atoms with E-state index in [0.717, 1.165) is 27.2 Å². The maximum Gasteiger partial charge on any atom is 0.210 e. The summed E-state index contributed by atoms with van der Waals surface area (Å²) >= 11 is 1.54. The van der Waals surface area contributed by atoms with Gasteiger partial charge in [-0.05, 0) is 38.1 Å². The summed E-state index contributed by atoms with van der Waals surface area (Å²) in [6, 6.07) is 16.4. The van der Waals surface area contributed by atoms with Gasteiger partial charge in [-0.15, -0.1) is 10.2 Å². The van der Waals surface area contributed by atoms with E-state index in [1.54, 1.807) is 0 Å². The number of hydrogen-bond donors (Lipinski definition) is 2. The average Bonchev–Trinajstić information content (AvgIpc) is 2.89. The largest absolute Gasteiger partial charge is 0.354 e. The SMILES string of the molecule is Cc1ccc(Nc2ccccc2Nc2nnc(C)s2)cc1. The molecule has 1 aromatic heterocycles. The van der Waals surface area contributed by atoms with Gasteiger partial charge >= 0.3 is 0 Å². The second-order valence-corrected chi connectivity index (χ2v) is 5.97. The number of nitrogens with one attached hydrogen (secondary N) is 2. The Hall–Kier alpha value is -2.40.